The van der Waals surface area contributed by atoms with Crippen molar-refractivity contribution in [2.75, 3.05) is 0 Å². The second-order valence-corrected chi connectivity index (χ2v) is 12.4. The van der Waals surface area contributed by atoms with Crippen molar-refractivity contribution in [3.63, 3.8) is 0 Å². The van der Waals surface area contributed by atoms with Crippen molar-refractivity contribution in [1.82, 2.24) is 9.55 Å². The molecule has 1 aliphatic carbocycles. The van der Waals surface area contributed by atoms with Crippen LogP contribution in [0.5, 0.6) is 11.8 Å². The van der Waals surface area contributed by atoms with Gasteiger partial charge in [-0.05, 0) is 92.0 Å². The van der Waals surface area contributed by atoms with E-state index in [1.807, 2.05) is 6.07 Å². The Balaban J connectivity index is 1.24. The molecule has 1 aliphatic heterocycles. The number of rotatable bonds is 3. The van der Waals surface area contributed by atoms with Gasteiger partial charge in [-0.1, -0.05) is 133 Å². The van der Waals surface area contributed by atoms with Gasteiger partial charge in [-0.15, -0.1) is 0 Å². The summed E-state index contributed by atoms with van der Waals surface area (Å²) < 4.78 is 9.14. The van der Waals surface area contributed by atoms with E-state index in [4.69, 9.17) is 9.72 Å². The van der Waals surface area contributed by atoms with Crippen LogP contribution in [0.1, 0.15) is 16.7 Å². The van der Waals surface area contributed by atoms with Crippen LogP contribution in [0.4, 0.5) is 0 Å². The van der Waals surface area contributed by atoms with Gasteiger partial charge < -0.3 is 4.74 Å². The molecule has 2 aliphatic rings. The van der Waals surface area contributed by atoms with Crippen molar-refractivity contribution < 1.29 is 4.74 Å². The van der Waals surface area contributed by atoms with Gasteiger partial charge in [-0.25, -0.2) is 0 Å². The molecule has 0 atom stereocenters. The number of imidazole rings is 1. The van der Waals surface area contributed by atoms with Crippen LogP contribution in [0.25, 0.3) is 55.5 Å². The van der Waals surface area contributed by atoms with E-state index in [2.05, 4.69) is 168 Å². The number of nitrogens with zero attached hydrogens (tertiary/aromatic N) is 2. The fourth-order valence-electron chi connectivity index (χ4n) is 7.83. The first-order valence-corrected chi connectivity index (χ1v) is 16.0. The second kappa shape index (κ2) is 9.90. The van der Waals surface area contributed by atoms with Crippen LogP contribution >= 0.6 is 0 Å². The molecule has 0 amide bonds. The van der Waals surface area contributed by atoms with Gasteiger partial charge in [-0.3, -0.25) is 4.57 Å². The molecule has 8 aromatic rings. The number of benzene rings is 7. The van der Waals surface area contributed by atoms with E-state index < -0.39 is 5.54 Å². The Hall–Kier alpha value is -6.19. The molecule has 0 bridgehead atoms. The molecule has 1 spiro atoms. The smallest absolute Gasteiger partial charge is 0.304 e. The van der Waals surface area contributed by atoms with Gasteiger partial charge in [0.25, 0.3) is 0 Å². The highest BCUT2D eigenvalue weighted by atomic mass is 16.5. The summed E-state index contributed by atoms with van der Waals surface area (Å²) in [5.41, 5.74) is 14.4. The number of aromatic nitrogens is 2. The van der Waals surface area contributed by atoms with Crippen LogP contribution in [0.2, 0.25) is 0 Å². The number of hydrogen-bond donors (Lipinski definition) is 0. The number of fused-ring (bicyclic) bond motifs is 11. The molecule has 7 aromatic carbocycles. The third-order valence-corrected chi connectivity index (χ3v) is 9.84. The van der Waals surface area contributed by atoms with Gasteiger partial charge in [0.1, 0.15) is 11.3 Å². The molecule has 220 valence electrons. The lowest BCUT2D eigenvalue weighted by molar-refractivity contribution is 0.340. The normalized spacial score (nSPS) is 13.4. The maximum Gasteiger partial charge on any atom is 0.304 e. The Morgan fingerprint density at radius 1 is 0.426 bits per heavy atom. The molecule has 0 saturated carbocycles. The van der Waals surface area contributed by atoms with Crippen LogP contribution in [-0.2, 0) is 5.54 Å². The Bertz CT molecular complexity index is 2390. The predicted molar refractivity (Wildman–Crippen MR) is 190 cm³/mol. The van der Waals surface area contributed by atoms with Crippen molar-refractivity contribution in [2.45, 2.75) is 5.54 Å². The van der Waals surface area contributed by atoms with Crippen molar-refractivity contribution >= 4 is 11.0 Å². The average molecular weight is 601 g/mol. The number of hydrogen-bond acceptors (Lipinski definition) is 2. The third-order valence-electron chi connectivity index (χ3n) is 9.84. The average Bonchev–Trinajstić information content (AvgIpc) is 3.66. The Morgan fingerprint density at radius 3 is 1.60 bits per heavy atom. The summed E-state index contributed by atoms with van der Waals surface area (Å²) in [6, 6.07) is 61.4. The van der Waals surface area contributed by atoms with Gasteiger partial charge in [0.05, 0.1) is 11.0 Å². The Labute approximate surface area is 273 Å². The molecule has 0 unspecified atom stereocenters. The second-order valence-electron chi connectivity index (χ2n) is 12.4. The maximum atomic E-state index is 6.82. The molecule has 10 rings (SSSR count). The zero-order valence-corrected chi connectivity index (χ0v) is 25.5. The van der Waals surface area contributed by atoms with Gasteiger partial charge >= 0.3 is 6.01 Å². The summed E-state index contributed by atoms with van der Waals surface area (Å²) >= 11 is 0. The molecule has 2 heterocycles. The van der Waals surface area contributed by atoms with E-state index in [1.165, 1.54) is 44.5 Å². The highest BCUT2D eigenvalue weighted by Crippen LogP contribution is 2.59. The molecule has 0 N–H and O–H groups in total. The van der Waals surface area contributed by atoms with E-state index in [-0.39, 0.29) is 0 Å². The topological polar surface area (TPSA) is 27.1 Å². The minimum Gasteiger partial charge on any atom is -0.425 e. The molecule has 3 heteroatoms. The zero-order valence-electron chi connectivity index (χ0n) is 25.5. The van der Waals surface area contributed by atoms with Crippen LogP contribution < -0.4 is 4.74 Å². The monoisotopic (exact) mass is 600 g/mol. The molecule has 0 saturated heterocycles. The first kappa shape index (κ1) is 26.1. The molecular formula is C44H28N2O. The molecule has 0 radical (unpaired) electrons. The van der Waals surface area contributed by atoms with Crippen molar-refractivity contribution in [3.05, 3.63) is 187 Å². The zero-order chi connectivity index (χ0) is 31.0. The molecule has 0 fully saturated rings. The summed E-state index contributed by atoms with van der Waals surface area (Å²) in [4.78, 5) is 5.07. The lowest BCUT2D eigenvalue weighted by Gasteiger charge is -2.39. The van der Waals surface area contributed by atoms with E-state index >= 15 is 0 Å². The minimum atomic E-state index is -0.633. The fourth-order valence-corrected chi connectivity index (χ4v) is 7.83. The number of ether oxygens (including phenoxy) is 1. The van der Waals surface area contributed by atoms with Crippen LogP contribution in [0.3, 0.4) is 0 Å². The highest BCUT2D eigenvalue weighted by Gasteiger charge is 2.52. The number of para-hydroxylation sites is 2. The van der Waals surface area contributed by atoms with Crippen molar-refractivity contribution in [3.8, 4) is 56.3 Å². The lowest BCUT2D eigenvalue weighted by Crippen LogP contribution is -2.38. The molecular weight excluding hydrogens is 572 g/mol. The van der Waals surface area contributed by atoms with Gasteiger partial charge in [0, 0.05) is 5.56 Å². The molecule has 3 nitrogen and oxygen atoms in total. The summed E-state index contributed by atoms with van der Waals surface area (Å²) in [5, 5.41) is 0. The standard InChI is InChI=1S/C44H28N2O/c1-3-13-29(14-4-1)32-25-33(30-15-5-2-6-16-30)27-34(26-32)31-23-24-39-42(28-31)47-43-45-40-21-11-12-22-41(40)46(43)44(39)37-19-9-7-17-35(37)36-18-8-10-20-38(36)44/h1-28H. The van der Waals surface area contributed by atoms with Crippen LogP contribution in [-0.4, -0.2) is 9.55 Å². The molecule has 47 heavy (non-hydrogen) atoms. The first-order chi connectivity index (χ1) is 23.3. The largest absolute Gasteiger partial charge is 0.425 e. The summed E-state index contributed by atoms with van der Waals surface area (Å²) in [7, 11) is 0. The Kier molecular flexibility index (Phi) is 5.49. The van der Waals surface area contributed by atoms with E-state index in [1.54, 1.807) is 0 Å². The van der Waals surface area contributed by atoms with Crippen LogP contribution in [0, 0.1) is 0 Å². The minimum absolute atomic E-state index is 0.602. The van der Waals surface area contributed by atoms with Gasteiger partial charge in [0.15, 0.2) is 0 Å². The third kappa shape index (κ3) is 3.71. The van der Waals surface area contributed by atoms with E-state index in [0.717, 1.165) is 33.5 Å². The molecule has 1 aromatic heterocycles. The van der Waals surface area contributed by atoms with Crippen LogP contribution in [0.15, 0.2) is 170 Å². The maximum absolute atomic E-state index is 6.82. The summed E-state index contributed by atoms with van der Waals surface area (Å²) in [6.07, 6.45) is 0. The van der Waals surface area contributed by atoms with E-state index in [9.17, 15) is 0 Å². The van der Waals surface area contributed by atoms with Gasteiger partial charge in [-0.2, -0.15) is 4.98 Å². The quantitative estimate of drug-likeness (QED) is 0.202. The Morgan fingerprint density at radius 2 is 0.957 bits per heavy atom. The van der Waals surface area contributed by atoms with Crippen molar-refractivity contribution in [1.29, 1.82) is 0 Å². The van der Waals surface area contributed by atoms with E-state index in [0.29, 0.717) is 6.01 Å². The van der Waals surface area contributed by atoms with Gasteiger partial charge in [0.2, 0.25) is 0 Å². The fraction of sp³-hybridized carbons (Fsp3) is 0.0227. The lowest BCUT2D eigenvalue weighted by atomic mass is 9.78. The first-order valence-electron chi connectivity index (χ1n) is 16.0. The highest BCUT2D eigenvalue weighted by molar-refractivity contribution is 5.89. The summed E-state index contributed by atoms with van der Waals surface area (Å²) in [6.45, 7) is 0. The SMILES string of the molecule is c1ccc(-c2cc(-c3ccccc3)cc(-c3ccc4c(c3)Oc3nc5ccccc5n3C43c4ccccc4-c4ccccc43)c2)cc1. The summed E-state index contributed by atoms with van der Waals surface area (Å²) in [5.74, 6) is 0.822. The predicted octanol–water partition coefficient (Wildman–Crippen LogP) is 11.0. The van der Waals surface area contributed by atoms with Crippen molar-refractivity contribution in [2.24, 2.45) is 0 Å².